The smallest absolute Gasteiger partial charge is 0.184 e. The van der Waals surface area contributed by atoms with Crippen LogP contribution < -0.4 is 5.30 Å². The second-order valence-corrected chi connectivity index (χ2v) is 8.68. The fourth-order valence-corrected chi connectivity index (χ4v) is 5.07. The van der Waals surface area contributed by atoms with Crippen molar-refractivity contribution in [3.63, 3.8) is 0 Å². The molecule has 0 saturated carbocycles. The molecular formula is C18H25N2O2P. The number of hydrogen-bond donors (Lipinski definition) is 0. The molecule has 5 heteroatoms. The van der Waals surface area contributed by atoms with Crippen molar-refractivity contribution in [2.75, 3.05) is 25.5 Å². The van der Waals surface area contributed by atoms with Crippen LogP contribution in [-0.4, -0.2) is 49.4 Å². The number of benzene rings is 1. The van der Waals surface area contributed by atoms with Crippen molar-refractivity contribution in [3.05, 3.63) is 30.3 Å². The molecule has 0 aliphatic carbocycles. The third-order valence-electron chi connectivity index (χ3n) is 4.02. The van der Waals surface area contributed by atoms with Gasteiger partial charge in [-0.05, 0) is 31.5 Å². The van der Waals surface area contributed by atoms with Crippen LogP contribution >= 0.6 is 7.92 Å². The van der Waals surface area contributed by atoms with E-state index < -0.39 is 0 Å². The average molecular weight is 332 g/mol. The summed E-state index contributed by atoms with van der Waals surface area (Å²) < 4.78 is 11.3. The van der Waals surface area contributed by atoms with Gasteiger partial charge in [0.15, 0.2) is 11.8 Å². The van der Waals surface area contributed by atoms with E-state index in [-0.39, 0.29) is 7.92 Å². The van der Waals surface area contributed by atoms with Crippen molar-refractivity contribution in [1.29, 1.82) is 0 Å². The van der Waals surface area contributed by atoms with Crippen LogP contribution in [0.5, 0.6) is 0 Å². The molecule has 2 aliphatic rings. The second kappa shape index (κ2) is 7.92. The molecule has 2 aliphatic heterocycles. The third-order valence-corrected chi connectivity index (χ3v) is 6.58. The summed E-state index contributed by atoms with van der Waals surface area (Å²) >= 11 is 0. The summed E-state index contributed by atoms with van der Waals surface area (Å²) in [6, 6.07) is 11.4. The highest BCUT2D eigenvalue weighted by Crippen LogP contribution is 2.36. The van der Waals surface area contributed by atoms with E-state index in [1.165, 1.54) is 5.30 Å². The number of hydrogen-bond acceptors (Lipinski definition) is 4. The number of rotatable bonds is 7. The van der Waals surface area contributed by atoms with Crippen LogP contribution in [-0.2, 0) is 9.47 Å². The zero-order valence-corrected chi connectivity index (χ0v) is 14.8. The summed E-state index contributed by atoms with van der Waals surface area (Å²) in [5, 5.41) is 1.45. The molecule has 0 saturated heterocycles. The minimum atomic E-state index is -0.238. The molecule has 23 heavy (non-hydrogen) atoms. The first-order valence-corrected chi connectivity index (χ1v) is 10.1. The van der Waals surface area contributed by atoms with Gasteiger partial charge in [0.2, 0.25) is 0 Å². The first-order valence-electron chi connectivity index (χ1n) is 8.39. The van der Waals surface area contributed by atoms with Crippen LogP contribution in [0.3, 0.4) is 0 Å². The van der Waals surface area contributed by atoms with Gasteiger partial charge in [0.05, 0.1) is 12.1 Å². The van der Waals surface area contributed by atoms with Crippen LogP contribution in [0, 0.1) is 0 Å². The van der Waals surface area contributed by atoms with E-state index >= 15 is 0 Å². The number of ether oxygens (including phenoxy) is 2. The minimum Gasteiger partial charge on any atom is -0.479 e. The zero-order chi connectivity index (χ0) is 16.1. The summed E-state index contributed by atoms with van der Waals surface area (Å²) in [7, 11) is -0.238. The Kier molecular flexibility index (Phi) is 5.66. The van der Waals surface area contributed by atoms with Crippen LogP contribution in [0.15, 0.2) is 40.3 Å². The van der Waals surface area contributed by atoms with Gasteiger partial charge in [-0.25, -0.2) is 9.98 Å². The predicted molar refractivity (Wildman–Crippen MR) is 97.7 cm³/mol. The quantitative estimate of drug-likeness (QED) is 0.720. The van der Waals surface area contributed by atoms with Gasteiger partial charge in [0, 0.05) is 12.8 Å². The Morgan fingerprint density at radius 2 is 1.43 bits per heavy atom. The molecule has 2 heterocycles. The van der Waals surface area contributed by atoms with Gasteiger partial charge >= 0.3 is 0 Å². The first-order chi connectivity index (χ1) is 11.2. The molecule has 4 nitrogen and oxygen atoms in total. The molecule has 0 N–H and O–H groups in total. The largest absolute Gasteiger partial charge is 0.479 e. The lowest BCUT2D eigenvalue weighted by atomic mass is 10.4. The molecule has 0 amide bonds. The molecule has 124 valence electrons. The van der Waals surface area contributed by atoms with Gasteiger partial charge in [-0.3, -0.25) is 0 Å². The van der Waals surface area contributed by atoms with Crippen molar-refractivity contribution >= 4 is 25.0 Å². The van der Waals surface area contributed by atoms with Crippen molar-refractivity contribution in [3.8, 4) is 0 Å². The van der Waals surface area contributed by atoms with E-state index in [1.54, 1.807) is 0 Å². The second-order valence-electron chi connectivity index (χ2n) is 6.19. The highest BCUT2D eigenvalue weighted by molar-refractivity contribution is 7.65. The Bertz CT molecular complexity index is 542. The fourth-order valence-electron chi connectivity index (χ4n) is 2.82. The van der Waals surface area contributed by atoms with Gasteiger partial charge in [-0.15, -0.1) is 0 Å². The van der Waals surface area contributed by atoms with E-state index in [1.807, 2.05) is 0 Å². The molecule has 1 aromatic rings. The maximum absolute atomic E-state index is 5.66. The highest BCUT2D eigenvalue weighted by Gasteiger charge is 2.20. The van der Waals surface area contributed by atoms with Gasteiger partial charge in [0.25, 0.3) is 0 Å². The normalized spacial score (nSPS) is 23.4. The van der Waals surface area contributed by atoms with Crippen molar-refractivity contribution in [2.24, 2.45) is 9.98 Å². The molecular weight excluding hydrogens is 307 g/mol. The van der Waals surface area contributed by atoms with E-state index in [2.05, 4.69) is 54.2 Å². The Balaban J connectivity index is 1.60. The monoisotopic (exact) mass is 332 g/mol. The van der Waals surface area contributed by atoms with E-state index in [0.717, 1.165) is 50.2 Å². The standard InChI is InChI=1S/C18H25N2O2P/c1-14-12-21-17(19-14)8-10-23(16-6-4-3-5-7-16)11-9-18-20-15(2)13-22-18/h3-7,14-15H,8-13H2,1-2H3/t14-,15-/m1/s1. The van der Waals surface area contributed by atoms with Crippen molar-refractivity contribution < 1.29 is 9.47 Å². The molecule has 0 bridgehead atoms. The molecule has 1 aromatic carbocycles. The van der Waals surface area contributed by atoms with Crippen LogP contribution in [0.25, 0.3) is 0 Å². The summed E-state index contributed by atoms with van der Waals surface area (Å²) in [6.07, 6.45) is 4.12. The SMILES string of the molecule is C[C@@H]1COC(CCP(CCC2=N[C@H](C)CO2)c2ccccc2)=N1. The lowest BCUT2D eigenvalue weighted by Crippen LogP contribution is -2.12. The fraction of sp³-hybridized carbons (Fsp3) is 0.556. The third kappa shape index (κ3) is 4.78. The van der Waals surface area contributed by atoms with Gasteiger partial charge in [-0.1, -0.05) is 38.3 Å². The van der Waals surface area contributed by atoms with E-state index in [4.69, 9.17) is 9.47 Å². The lowest BCUT2D eigenvalue weighted by molar-refractivity contribution is 0.317. The summed E-state index contributed by atoms with van der Waals surface area (Å²) in [4.78, 5) is 9.12. The number of nitrogens with zero attached hydrogens (tertiary/aromatic N) is 2. The molecule has 0 fully saturated rings. The van der Waals surface area contributed by atoms with Crippen molar-refractivity contribution in [1.82, 2.24) is 0 Å². The van der Waals surface area contributed by atoms with Crippen LogP contribution in [0.2, 0.25) is 0 Å². The van der Waals surface area contributed by atoms with Gasteiger partial charge < -0.3 is 9.47 Å². The van der Waals surface area contributed by atoms with Crippen molar-refractivity contribution in [2.45, 2.75) is 38.8 Å². The van der Waals surface area contributed by atoms with Gasteiger partial charge in [0.1, 0.15) is 13.2 Å². The Morgan fingerprint density at radius 1 is 0.913 bits per heavy atom. The highest BCUT2D eigenvalue weighted by atomic mass is 31.1. The van der Waals surface area contributed by atoms with Crippen LogP contribution in [0.4, 0.5) is 0 Å². The Morgan fingerprint density at radius 3 is 1.87 bits per heavy atom. The molecule has 0 unspecified atom stereocenters. The summed E-state index contributed by atoms with van der Waals surface area (Å²) in [5.74, 6) is 1.87. The summed E-state index contributed by atoms with van der Waals surface area (Å²) in [6.45, 7) is 5.68. The van der Waals surface area contributed by atoms with Gasteiger partial charge in [-0.2, -0.15) is 0 Å². The molecule has 0 aromatic heterocycles. The predicted octanol–water partition coefficient (Wildman–Crippen LogP) is 3.21. The zero-order valence-electron chi connectivity index (χ0n) is 13.9. The molecule has 2 atom stereocenters. The molecule has 0 radical (unpaired) electrons. The Labute approximate surface area is 139 Å². The van der Waals surface area contributed by atoms with E-state index in [0.29, 0.717) is 12.1 Å². The topological polar surface area (TPSA) is 43.2 Å². The van der Waals surface area contributed by atoms with Crippen LogP contribution in [0.1, 0.15) is 26.7 Å². The number of aliphatic imine (C=N–C) groups is 2. The average Bonchev–Trinajstić information content (AvgIpc) is 3.17. The first kappa shape index (κ1) is 16.4. The maximum atomic E-state index is 5.66. The molecule has 0 spiro atoms. The minimum absolute atomic E-state index is 0.238. The summed E-state index contributed by atoms with van der Waals surface area (Å²) in [5.41, 5.74) is 0. The van der Waals surface area contributed by atoms with E-state index in [9.17, 15) is 0 Å². The molecule has 3 rings (SSSR count). The lowest BCUT2D eigenvalue weighted by Gasteiger charge is -2.18. The maximum Gasteiger partial charge on any atom is 0.184 e. The Hall–Kier alpha value is -1.41.